The molecule has 25 heavy (non-hydrogen) atoms. The molecule has 1 aliphatic rings. The van der Waals surface area contributed by atoms with Crippen molar-refractivity contribution in [1.29, 1.82) is 0 Å². The van der Waals surface area contributed by atoms with Gasteiger partial charge >= 0.3 is 0 Å². The van der Waals surface area contributed by atoms with Crippen LogP contribution in [0.25, 0.3) is 0 Å². The molecule has 0 aliphatic carbocycles. The molecule has 0 amide bonds. The number of nitrogens with zero attached hydrogens (tertiary/aromatic N) is 2. The average Bonchev–Trinajstić information content (AvgIpc) is 3.05. The van der Waals surface area contributed by atoms with Gasteiger partial charge in [-0.1, -0.05) is 13.8 Å². The Morgan fingerprint density at radius 3 is 2.28 bits per heavy atom. The Morgan fingerprint density at radius 1 is 1.36 bits per heavy atom. The first-order valence-corrected chi connectivity index (χ1v) is 8.88. The summed E-state index contributed by atoms with van der Waals surface area (Å²) in [6.45, 7) is 13.2. The van der Waals surface area contributed by atoms with E-state index in [4.69, 9.17) is 24.8 Å². The molecule has 1 saturated heterocycles. The summed E-state index contributed by atoms with van der Waals surface area (Å²) in [6, 6.07) is 0.159. The summed E-state index contributed by atoms with van der Waals surface area (Å²) in [7, 11) is 0. The first-order chi connectivity index (χ1) is 11.5. The van der Waals surface area contributed by atoms with E-state index in [9.17, 15) is 0 Å². The van der Waals surface area contributed by atoms with E-state index < -0.39 is 11.6 Å². The van der Waals surface area contributed by atoms with Crippen LogP contribution in [0.4, 0.5) is 0 Å². The molecule has 1 aliphatic heterocycles. The summed E-state index contributed by atoms with van der Waals surface area (Å²) in [5, 5.41) is 29.6. The lowest BCUT2D eigenvalue weighted by molar-refractivity contribution is -0.140. The number of ether oxygens (including phenoxy) is 2. The maximum absolute atomic E-state index is 9.17. The number of aliphatic hydroxyl groups excluding tert-OH is 1. The molecule has 7 heteroatoms. The SMILES string of the molecule is CC.CC(C)(O)O.Cc1cnn(C(CCO)CC2COC(C)(C)O2)c1. The van der Waals surface area contributed by atoms with E-state index in [1.165, 1.54) is 13.8 Å². The maximum atomic E-state index is 9.17. The van der Waals surface area contributed by atoms with Crippen molar-refractivity contribution in [3.05, 3.63) is 18.0 Å². The molecule has 0 radical (unpaired) electrons. The van der Waals surface area contributed by atoms with Crippen LogP contribution in [0.2, 0.25) is 0 Å². The molecule has 2 heterocycles. The molecule has 7 nitrogen and oxygen atoms in total. The van der Waals surface area contributed by atoms with E-state index >= 15 is 0 Å². The highest BCUT2D eigenvalue weighted by Gasteiger charge is 2.34. The van der Waals surface area contributed by atoms with Crippen LogP contribution in [0.3, 0.4) is 0 Å². The van der Waals surface area contributed by atoms with Crippen LogP contribution in [0.15, 0.2) is 12.4 Å². The van der Waals surface area contributed by atoms with Gasteiger partial charge in [0.1, 0.15) is 0 Å². The van der Waals surface area contributed by atoms with Crippen LogP contribution in [-0.4, -0.2) is 56.0 Å². The Hall–Kier alpha value is -0.990. The van der Waals surface area contributed by atoms with Gasteiger partial charge < -0.3 is 24.8 Å². The van der Waals surface area contributed by atoms with E-state index in [2.05, 4.69) is 5.10 Å². The zero-order chi connectivity index (χ0) is 19.7. The second-order valence-electron chi connectivity index (χ2n) is 6.84. The van der Waals surface area contributed by atoms with Crippen LogP contribution < -0.4 is 0 Å². The fraction of sp³-hybridized carbons (Fsp3) is 0.833. The highest BCUT2D eigenvalue weighted by atomic mass is 16.7. The summed E-state index contributed by atoms with van der Waals surface area (Å²) in [4.78, 5) is 0. The van der Waals surface area contributed by atoms with Gasteiger partial charge in [-0.2, -0.15) is 5.10 Å². The molecule has 0 bridgehead atoms. The predicted molar refractivity (Wildman–Crippen MR) is 97.1 cm³/mol. The molecule has 1 aromatic heterocycles. The topological polar surface area (TPSA) is 97.0 Å². The lowest BCUT2D eigenvalue weighted by Gasteiger charge is -2.21. The molecular weight excluding hydrogens is 324 g/mol. The Labute approximate surface area is 151 Å². The summed E-state index contributed by atoms with van der Waals surface area (Å²) < 4.78 is 13.3. The van der Waals surface area contributed by atoms with Crippen molar-refractivity contribution in [2.45, 2.75) is 85.0 Å². The smallest absolute Gasteiger partial charge is 0.163 e. The van der Waals surface area contributed by atoms with Crippen molar-refractivity contribution < 1.29 is 24.8 Å². The highest BCUT2D eigenvalue weighted by Crippen LogP contribution is 2.28. The van der Waals surface area contributed by atoms with E-state index in [1.54, 1.807) is 0 Å². The van der Waals surface area contributed by atoms with Crippen molar-refractivity contribution in [3.63, 3.8) is 0 Å². The van der Waals surface area contributed by atoms with Crippen molar-refractivity contribution in [3.8, 4) is 0 Å². The van der Waals surface area contributed by atoms with Gasteiger partial charge in [-0.3, -0.25) is 4.68 Å². The Balaban J connectivity index is 0.000000710. The Morgan fingerprint density at radius 2 is 1.92 bits per heavy atom. The quantitative estimate of drug-likeness (QED) is 0.698. The molecule has 1 aromatic rings. The van der Waals surface area contributed by atoms with Crippen LogP contribution in [0, 0.1) is 6.92 Å². The van der Waals surface area contributed by atoms with E-state index in [0.29, 0.717) is 13.0 Å². The van der Waals surface area contributed by atoms with Gasteiger partial charge in [0.05, 0.1) is 24.9 Å². The van der Waals surface area contributed by atoms with Gasteiger partial charge in [-0.15, -0.1) is 0 Å². The molecule has 0 saturated carbocycles. The van der Waals surface area contributed by atoms with Gasteiger partial charge in [0.25, 0.3) is 0 Å². The lowest BCUT2D eigenvalue weighted by Crippen LogP contribution is -2.24. The molecule has 1 fully saturated rings. The third-order valence-corrected chi connectivity index (χ3v) is 3.17. The number of rotatable bonds is 5. The molecular formula is C18H36N2O5. The minimum absolute atomic E-state index is 0.0704. The second kappa shape index (κ2) is 10.9. The first kappa shape index (κ1) is 24.0. The lowest BCUT2D eigenvalue weighted by atomic mass is 10.1. The van der Waals surface area contributed by atoms with Gasteiger partial charge in [0.2, 0.25) is 0 Å². The normalized spacial score (nSPS) is 20.2. The monoisotopic (exact) mass is 360 g/mol. The number of aromatic nitrogens is 2. The molecule has 148 valence electrons. The average molecular weight is 360 g/mol. The largest absolute Gasteiger partial charge is 0.396 e. The Bertz CT molecular complexity index is 462. The van der Waals surface area contributed by atoms with Crippen LogP contribution in [0.1, 0.15) is 66.0 Å². The summed E-state index contributed by atoms with van der Waals surface area (Å²) in [5.74, 6) is -1.99. The molecule has 2 rings (SSSR count). The number of aryl methyl sites for hydroxylation is 1. The van der Waals surface area contributed by atoms with Crippen LogP contribution in [0.5, 0.6) is 0 Å². The highest BCUT2D eigenvalue weighted by molar-refractivity contribution is 5.00. The number of hydrogen-bond acceptors (Lipinski definition) is 6. The van der Waals surface area contributed by atoms with Crippen molar-refractivity contribution >= 4 is 0 Å². The first-order valence-electron chi connectivity index (χ1n) is 8.88. The van der Waals surface area contributed by atoms with E-state index in [0.717, 1.165) is 12.0 Å². The van der Waals surface area contributed by atoms with Gasteiger partial charge in [-0.25, -0.2) is 0 Å². The van der Waals surface area contributed by atoms with Gasteiger partial charge in [0.15, 0.2) is 11.6 Å². The van der Waals surface area contributed by atoms with E-state index in [-0.39, 0.29) is 18.8 Å². The van der Waals surface area contributed by atoms with Gasteiger partial charge in [0, 0.05) is 12.8 Å². The second-order valence-corrected chi connectivity index (χ2v) is 6.84. The minimum atomic E-state index is -1.50. The zero-order valence-corrected chi connectivity index (χ0v) is 16.7. The maximum Gasteiger partial charge on any atom is 0.163 e. The zero-order valence-electron chi connectivity index (χ0n) is 16.7. The third kappa shape index (κ3) is 11.3. The molecule has 0 aromatic carbocycles. The molecule has 0 spiro atoms. The van der Waals surface area contributed by atoms with Crippen molar-refractivity contribution in [1.82, 2.24) is 9.78 Å². The third-order valence-electron chi connectivity index (χ3n) is 3.17. The van der Waals surface area contributed by atoms with Crippen molar-refractivity contribution in [2.24, 2.45) is 0 Å². The van der Waals surface area contributed by atoms with Crippen LogP contribution in [-0.2, 0) is 9.47 Å². The number of hydrogen-bond donors (Lipinski definition) is 3. The summed E-state index contributed by atoms with van der Waals surface area (Å²) >= 11 is 0. The predicted octanol–water partition coefficient (Wildman–Crippen LogP) is 2.39. The number of aliphatic hydroxyl groups is 3. The Kier molecular flexibility index (Phi) is 10.4. The van der Waals surface area contributed by atoms with Crippen molar-refractivity contribution in [2.75, 3.05) is 13.2 Å². The van der Waals surface area contributed by atoms with E-state index in [1.807, 2.05) is 51.7 Å². The fourth-order valence-electron chi connectivity index (χ4n) is 2.32. The van der Waals surface area contributed by atoms with Gasteiger partial charge in [-0.05, 0) is 53.0 Å². The fourth-order valence-corrected chi connectivity index (χ4v) is 2.32. The summed E-state index contributed by atoms with van der Waals surface area (Å²) in [5.41, 5.74) is 1.13. The molecule has 2 atom stereocenters. The minimum Gasteiger partial charge on any atom is -0.396 e. The molecule has 3 N–H and O–H groups in total. The summed E-state index contributed by atoms with van der Waals surface area (Å²) in [6.07, 6.45) is 5.40. The van der Waals surface area contributed by atoms with Crippen LogP contribution >= 0.6 is 0 Å². The standard InChI is InChI=1S/C13H22N2O3.C3H8O2.C2H6/c1-10-7-14-15(8-10)11(4-5-16)6-12-9-17-13(2,3)18-12;1-3(2,4)5;1-2/h7-8,11-12,16H,4-6,9H2,1-3H3;4-5H,1-2H3;1-2H3. The molecule has 2 unspecified atom stereocenters.